The summed E-state index contributed by atoms with van der Waals surface area (Å²) in [4.78, 5) is 4.19. The van der Waals surface area contributed by atoms with Crippen molar-refractivity contribution < 1.29 is 4.74 Å². The molecule has 4 heteroatoms. The highest BCUT2D eigenvalue weighted by atomic mass is 35.5. The molecule has 1 aromatic heterocycles. The first-order valence-electron chi connectivity index (χ1n) is 5.71. The lowest BCUT2D eigenvalue weighted by atomic mass is 10.1. The maximum atomic E-state index is 5.79. The van der Waals surface area contributed by atoms with Crippen molar-refractivity contribution in [3.63, 3.8) is 0 Å². The number of rotatable bonds is 5. The molecule has 0 unspecified atom stereocenters. The Hall–Kier alpha value is -1.58. The van der Waals surface area contributed by atoms with E-state index in [1.54, 1.807) is 13.3 Å². The van der Waals surface area contributed by atoms with E-state index in [1.165, 1.54) is 11.1 Å². The van der Waals surface area contributed by atoms with Crippen molar-refractivity contribution in [2.75, 3.05) is 12.4 Å². The number of hydrogen-bond donors (Lipinski definition) is 1. The van der Waals surface area contributed by atoms with E-state index < -0.39 is 0 Å². The van der Waals surface area contributed by atoms with Crippen LogP contribution in [0.3, 0.4) is 0 Å². The number of ether oxygens (including phenoxy) is 1. The molecule has 0 aliphatic rings. The van der Waals surface area contributed by atoms with Gasteiger partial charge in [-0.2, -0.15) is 0 Å². The quantitative estimate of drug-likeness (QED) is 0.896. The molecule has 18 heavy (non-hydrogen) atoms. The van der Waals surface area contributed by atoms with Crippen LogP contribution < -0.4 is 5.32 Å². The van der Waals surface area contributed by atoms with E-state index in [-0.39, 0.29) is 0 Å². The van der Waals surface area contributed by atoms with Crippen molar-refractivity contribution in [1.82, 2.24) is 4.98 Å². The van der Waals surface area contributed by atoms with Gasteiger partial charge in [-0.15, -0.1) is 0 Å². The van der Waals surface area contributed by atoms with Gasteiger partial charge in [0.05, 0.1) is 11.6 Å². The largest absolute Gasteiger partial charge is 0.380 e. The summed E-state index contributed by atoms with van der Waals surface area (Å²) in [6.07, 6.45) is 1.63. The first-order chi connectivity index (χ1) is 8.79. The summed E-state index contributed by atoms with van der Waals surface area (Å²) >= 11 is 5.79. The second kappa shape index (κ2) is 6.38. The van der Waals surface area contributed by atoms with Gasteiger partial charge >= 0.3 is 0 Å². The molecule has 0 amide bonds. The summed E-state index contributed by atoms with van der Waals surface area (Å²) in [5.41, 5.74) is 2.39. The molecule has 2 rings (SSSR count). The average molecular weight is 263 g/mol. The second-order valence-electron chi connectivity index (χ2n) is 3.92. The monoisotopic (exact) mass is 262 g/mol. The highest BCUT2D eigenvalue weighted by Gasteiger charge is 2.01. The predicted molar refractivity (Wildman–Crippen MR) is 73.7 cm³/mol. The molecule has 0 atom stereocenters. The molecule has 1 heterocycles. The number of nitrogens with zero attached hydrogens (tertiary/aromatic N) is 1. The molecule has 2 aromatic rings. The Labute approximate surface area is 112 Å². The van der Waals surface area contributed by atoms with E-state index in [0.29, 0.717) is 18.2 Å². The third-order valence-corrected chi connectivity index (χ3v) is 2.83. The van der Waals surface area contributed by atoms with E-state index in [0.717, 1.165) is 5.82 Å². The summed E-state index contributed by atoms with van der Waals surface area (Å²) < 4.78 is 5.18. The third kappa shape index (κ3) is 3.45. The van der Waals surface area contributed by atoms with Crippen LogP contribution in [0.1, 0.15) is 11.1 Å². The van der Waals surface area contributed by atoms with Crippen molar-refractivity contribution in [3.8, 4) is 0 Å². The van der Waals surface area contributed by atoms with E-state index in [1.807, 2.05) is 24.3 Å². The fourth-order valence-corrected chi connectivity index (χ4v) is 1.80. The summed E-state index contributed by atoms with van der Waals surface area (Å²) in [6.45, 7) is 1.33. The lowest BCUT2D eigenvalue weighted by molar-refractivity contribution is 0.184. The fraction of sp³-hybridized carbons (Fsp3) is 0.214. The zero-order valence-electron chi connectivity index (χ0n) is 10.2. The number of methoxy groups -OCH3 is 1. The van der Waals surface area contributed by atoms with Gasteiger partial charge < -0.3 is 10.1 Å². The Morgan fingerprint density at radius 1 is 1.17 bits per heavy atom. The normalized spacial score (nSPS) is 10.3. The molecule has 0 radical (unpaired) electrons. The number of hydrogen-bond acceptors (Lipinski definition) is 3. The molecular formula is C14H15ClN2O. The Bertz CT molecular complexity index is 499. The number of pyridine rings is 1. The van der Waals surface area contributed by atoms with Crippen LogP contribution in [0.25, 0.3) is 0 Å². The Balaban J connectivity index is 2.03. The molecule has 0 bridgehead atoms. The Kier molecular flexibility index (Phi) is 4.56. The van der Waals surface area contributed by atoms with Gasteiger partial charge in [-0.25, -0.2) is 4.98 Å². The van der Waals surface area contributed by atoms with Crippen molar-refractivity contribution in [2.24, 2.45) is 0 Å². The highest BCUT2D eigenvalue weighted by molar-refractivity contribution is 6.30. The van der Waals surface area contributed by atoms with Crippen molar-refractivity contribution in [2.45, 2.75) is 13.2 Å². The molecule has 1 aromatic carbocycles. The van der Waals surface area contributed by atoms with Gasteiger partial charge in [0.25, 0.3) is 0 Å². The SMILES string of the molecule is COCc1ccccc1CNc1ccc(Cl)cn1. The number of aromatic nitrogens is 1. The lowest BCUT2D eigenvalue weighted by Gasteiger charge is -2.10. The molecule has 0 spiro atoms. The Morgan fingerprint density at radius 3 is 2.61 bits per heavy atom. The molecule has 0 saturated carbocycles. The zero-order chi connectivity index (χ0) is 12.8. The topological polar surface area (TPSA) is 34.1 Å². The third-order valence-electron chi connectivity index (χ3n) is 2.61. The van der Waals surface area contributed by atoms with Crippen LogP contribution in [-0.4, -0.2) is 12.1 Å². The van der Waals surface area contributed by atoms with Crippen LogP contribution in [0.15, 0.2) is 42.6 Å². The fourth-order valence-electron chi connectivity index (χ4n) is 1.69. The summed E-state index contributed by atoms with van der Waals surface area (Å²) in [7, 11) is 1.70. The van der Waals surface area contributed by atoms with Crippen LogP contribution in [0, 0.1) is 0 Å². The van der Waals surface area contributed by atoms with Crippen molar-refractivity contribution >= 4 is 17.4 Å². The molecule has 94 valence electrons. The molecule has 1 N–H and O–H groups in total. The standard InChI is InChI=1S/C14H15ClN2O/c1-18-10-12-5-3-2-4-11(12)8-16-14-7-6-13(15)9-17-14/h2-7,9H,8,10H2,1H3,(H,16,17). The van der Waals surface area contributed by atoms with E-state index >= 15 is 0 Å². The van der Waals surface area contributed by atoms with Gasteiger partial charge in [-0.1, -0.05) is 35.9 Å². The number of halogens is 1. The van der Waals surface area contributed by atoms with Crippen LogP contribution in [0.2, 0.25) is 5.02 Å². The molecule has 0 aliphatic heterocycles. The molecule has 0 saturated heterocycles. The van der Waals surface area contributed by atoms with Gasteiger partial charge in [-0.3, -0.25) is 0 Å². The van der Waals surface area contributed by atoms with Gasteiger partial charge in [-0.05, 0) is 23.3 Å². The number of nitrogens with one attached hydrogen (secondary N) is 1. The van der Waals surface area contributed by atoms with Crippen molar-refractivity contribution in [1.29, 1.82) is 0 Å². The summed E-state index contributed by atoms with van der Waals surface area (Å²) in [5, 5.41) is 3.90. The summed E-state index contributed by atoms with van der Waals surface area (Å²) in [5.74, 6) is 0.812. The van der Waals surface area contributed by atoms with Gasteiger partial charge in [0, 0.05) is 19.9 Å². The minimum absolute atomic E-state index is 0.617. The number of anilines is 1. The molecule has 3 nitrogen and oxygen atoms in total. The molecule has 0 aliphatic carbocycles. The number of benzene rings is 1. The molecular weight excluding hydrogens is 248 g/mol. The van der Waals surface area contributed by atoms with Gasteiger partial charge in [0.15, 0.2) is 0 Å². The second-order valence-corrected chi connectivity index (χ2v) is 4.35. The first kappa shape index (κ1) is 12.9. The zero-order valence-corrected chi connectivity index (χ0v) is 10.9. The first-order valence-corrected chi connectivity index (χ1v) is 6.08. The van der Waals surface area contributed by atoms with E-state index in [2.05, 4.69) is 22.4 Å². The van der Waals surface area contributed by atoms with Crippen LogP contribution >= 0.6 is 11.6 Å². The van der Waals surface area contributed by atoms with Crippen LogP contribution in [-0.2, 0) is 17.9 Å². The van der Waals surface area contributed by atoms with E-state index in [4.69, 9.17) is 16.3 Å². The Morgan fingerprint density at radius 2 is 1.94 bits per heavy atom. The minimum Gasteiger partial charge on any atom is -0.380 e. The predicted octanol–water partition coefficient (Wildman–Crippen LogP) is 3.49. The maximum absolute atomic E-state index is 5.79. The van der Waals surface area contributed by atoms with Crippen LogP contribution in [0.4, 0.5) is 5.82 Å². The van der Waals surface area contributed by atoms with Gasteiger partial charge in [0.2, 0.25) is 0 Å². The molecule has 0 fully saturated rings. The van der Waals surface area contributed by atoms with Crippen LogP contribution in [0.5, 0.6) is 0 Å². The lowest BCUT2D eigenvalue weighted by Crippen LogP contribution is -2.04. The maximum Gasteiger partial charge on any atom is 0.126 e. The smallest absolute Gasteiger partial charge is 0.126 e. The minimum atomic E-state index is 0.617. The summed E-state index contributed by atoms with van der Waals surface area (Å²) in [6, 6.07) is 11.9. The van der Waals surface area contributed by atoms with Gasteiger partial charge in [0.1, 0.15) is 5.82 Å². The van der Waals surface area contributed by atoms with E-state index in [9.17, 15) is 0 Å². The average Bonchev–Trinajstić information content (AvgIpc) is 2.40. The van der Waals surface area contributed by atoms with Crippen molar-refractivity contribution in [3.05, 3.63) is 58.7 Å². The highest BCUT2D eigenvalue weighted by Crippen LogP contribution is 2.14.